The van der Waals surface area contributed by atoms with Crippen molar-refractivity contribution in [3.8, 4) is 0 Å². The maximum atomic E-state index is 12.4. The molecule has 1 fully saturated rings. The zero-order valence-electron chi connectivity index (χ0n) is 14.6. The predicted molar refractivity (Wildman–Crippen MR) is 97.0 cm³/mol. The number of hydrogen-bond donors (Lipinski definition) is 2. The Morgan fingerprint density at radius 3 is 2.37 bits per heavy atom. The second-order valence-electron chi connectivity index (χ2n) is 6.45. The maximum Gasteiger partial charge on any atom is 0.289 e. The minimum absolute atomic E-state index is 0.0335. The lowest BCUT2D eigenvalue weighted by Crippen LogP contribution is -2.42. The van der Waals surface area contributed by atoms with Crippen molar-refractivity contribution in [3.05, 3.63) is 54.0 Å². The standard InChI is InChI=1S/C18H21N3O5S/c19-27(24,25)15-5-3-13(4-6-15)12-20-17(22)14-7-9-21(10-8-14)18(23)16-2-1-11-26-16/h1-6,11,14H,7-10,12H2,(H,20,22)(H2,19,24,25). The lowest BCUT2D eigenvalue weighted by molar-refractivity contribution is -0.126. The van der Waals surface area contributed by atoms with Gasteiger partial charge in [-0.15, -0.1) is 0 Å². The summed E-state index contributed by atoms with van der Waals surface area (Å²) < 4.78 is 27.6. The normalized spacial score (nSPS) is 15.5. The van der Waals surface area contributed by atoms with Gasteiger partial charge in [-0.2, -0.15) is 0 Å². The van der Waals surface area contributed by atoms with Gasteiger partial charge in [0.2, 0.25) is 15.9 Å². The number of benzene rings is 1. The number of piperidine rings is 1. The van der Waals surface area contributed by atoms with E-state index in [1.54, 1.807) is 29.2 Å². The number of rotatable bonds is 5. The molecule has 3 N–H and O–H groups in total. The Morgan fingerprint density at radius 1 is 1.15 bits per heavy atom. The molecule has 1 saturated heterocycles. The van der Waals surface area contributed by atoms with Crippen molar-refractivity contribution >= 4 is 21.8 Å². The van der Waals surface area contributed by atoms with Crippen LogP contribution in [0.1, 0.15) is 29.0 Å². The molecule has 2 heterocycles. The van der Waals surface area contributed by atoms with Gasteiger partial charge >= 0.3 is 0 Å². The Hall–Kier alpha value is -2.65. The first kappa shape index (κ1) is 19.1. The highest BCUT2D eigenvalue weighted by Gasteiger charge is 2.28. The first-order valence-corrected chi connectivity index (χ1v) is 10.1. The number of primary sulfonamides is 1. The van der Waals surface area contributed by atoms with Crippen molar-refractivity contribution in [1.29, 1.82) is 0 Å². The van der Waals surface area contributed by atoms with Gasteiger partial charge in [0, 0.05) is 25.6 Å². The molecular formula is C18H21N3O5S. The van der Waals surface area contributed by atoms with Crippen LogP contribution in [-0.4, -0.2) is 38.2 Å². The van der Waals surface area contributed by atoms with Crippen LogP contribution in [0.25, 0.3) is 0 Å². The summed E-state index contributed by atoms with van der Waals surface area (Å²) in [5.41, 5.74) is 0.779. The molecule has 0 aliphatic carbocycles. The van der Waals surface area contributed by atoms with Crippen molar-refractivity contribution < 1.29 is 22.4 Å². The van der Waals surface area contributed by atoms with Crippen molar-refractivity contribution in [3.63, 3.8) is 0 Å². The molecule has 0 radical (unpaired) electrons. The Morgan fingerprint density at radius 2 is 1.81 bits per heavy atom. The smallest absolute Gasteiger partial charge is 0.289 e. The minimum atomic E-state index is -3.72. The van der Waals surface area contributed by atoms with Crippen LogP contribution < -0.4 is 10.5 Å². The van der Waals surface area contributed by atoms with E-state index in [4.69, 9.17) is 9.56 Å². The van der Waals surface area contributed by atoms with Crippen LogP contribution in [0, 0.1) is 5.92 Å². The van der Waals surface area contributed by atoms with E-state index in [0.717, 1.165) is 5.56 Å². The summed E-state index contributed by atoms with van der Waals surface area (Å²) in [6.07, 6.45) is 2.63. The number of hydrogen-bond acceptors (Lipinski definition) is 5. The number of nitrogens with zero attached hydrogens (tertiary/aromatic N) is 1. The molecule has 27 heavy (non-hydrogen) atoms. The quantitative estimate of drug-likeness (QED) is 0.790. The fraction of sp³-hybridized carbons (Fsp3) is 0.333. The molecule has 1 aliphatic rings. The van der Waals surface area contributed by atoms with Crippen molar-refractivity contribution in [2.75, 3.05) is 13.1 Å². The van der Waals surface area contributed by atoms with Crippen molar-refractivity contribution in [2.24, 2.45) is 11.1 Å². The number of likely N-dealkylation sites (tertiary alicyclic amines) is 1. The van der Waals surface area contributed by atoms with Gasteiger partial charge in [-0.3, -0.25) is 9.59 Å². The third-order valence-electron chi connectivity index (χ3n) is 4.60. The second kappa shape index (κ2) is 7.93. The lowest BCUT2D eigenvalue weighted by atomic mass is 9.95. The molecule has 144 valence electrons. The fourth-order valence-corrected chi connectivity index (χ4v) is 3.55. The van der Waals surface area contributed by atoms with E-state index in [-0.39, 0.29) is 22.6 Å². The summed E-state index contributed by atoms with van der Waals surface area (Å²) in [4.78, 5) is 26.3. The number of nitrogens with one attached hydrogen (secondary N) is 1. The van der Waals surface area contributed by atoms with E-state index in [0.29, 0.717) is 38.2 Å². The molecule has 2 aromatic rings. The Balaban J connectivity index is 1.48. The fourth-order valence-electron chi connectivity index (χ4n) is 3.03. The summed E-state index contributed by atoms with van der Waals surface area (Å²) in [6.45, 7) is 1.30. The molecule has 0 atom stereocenters. The number of furan rings is 1. The molecule has 0 spiro atoms. The average molecular weight is 391 g/mol. The Kier molecular flexibility index (Phi) is 5.62. The SMILES string of the molecule is NS(=O)(=O)c1ccc(CNC(=O)C2CCN(C(=O)c3ccco3)CC2)cc1. The molecule has 1 aromatic heterocycles. The van der Waals surface area contributed by atoms with Crippen LogP contribution in [0.2, 0.25) is 0 Å². The Labute approximate surface area is 157 Å². The molecule has 0 unspecified atom stereocenters. The first-order chi connectivity index (χ1) is 12.8. The summed E-state index contributed by atoms with van der Waals surface area (Å²) in [5.74, 6) is -0.0837. The molecular weight excluding hydrogens is 370 g/mol. The van der Waals surface area contributed by atoms with Gasteiger partial charge < -0.3 is 14.6 Å². The topological polar surface area (TPSA) is 123 Å². The van der Waals surface area contributed by atoms with Gasteiger partial charge in [-0.1, -0.05) is 12.1 Å². The van der Waals surface area contributed by atoms with Gasteiger partial charge in [0.05, 0.1) is 11.2 Å². The highest BCUT2D eigenvalue weighted by atomic mass is 32.2. The van der Waals surface area contributed by atoms with Crippen LogP contribution in [-0.2, 0) is 21.4 Å². The molecule has 0 bridgehead atoms. The molecule has 0 saturated carbocycles. The second-order valence-corrected chi connectivity index (χ2v) is 8.01. The molecule has 1 aromatic carbocycles. The highest BCUT2D eigenvalue weighted by molar-refractivity contribution is 7.89. The summed E-state index contributed by atoms with van der Waals surface area (Å²) >= 11 is 0. The summed E-state index contributed by atoms with van der Waals surface area (Å²) in [7, 11) is -3.72. The van der Waals surface area contributed by atoms with Gasteiger partial charge in [0.15, 0.2) is 5.76 Å². The van der Waals surface area contributed by atoms with Crippen LogP contribution in [0.15, 0.2) is 52.0 Å². The monoisotopic (exact) mass is 391 g/mol. The van der Waals surface area contributed by atoms with E-state index in [2.05, 4.69) is 5.32 Å². The average Bonchev–Trinajstić information content (AvgIpc) is 3.20. The van der Waals surface area contributed by atoms with E-state index < -0.39 is 10.0 Å². The zero-order valence-corrected chi connectivity index (χ0v) is 15.4. The highest BCUT2D eigenvalue weighted by Crippen LogP contribution is 2.20. The number of amides is 2. The van der Waals surface area contributed by atoms with Crippen LogP contribution in [0.5, 0.6) is 0 Å². The Bertz CT molecular complexity index is 899. The molecule has 3 rings (SSSR count). The summed E-state index contributed by atoms with van der Waals surface area (Å²) in [5, 5.41) is 7.92. The third-order valence-corrected chi connectivity index (χ3v) is 5.53. The number of carbonyl (C=O) groups is 2. The molecule has 8 nitrogen and oxygen atoms in total. The van der Waals surface area contributed by atoms with E-state index >= 15 is 0 Å². The molecule has 2 amide bonds. The van der Waals surface area contributed by atoms with Crippen molar-refractivity contribution in [2.45, 2.75) is 24.3 Å². The zero-order chi connectivity index (χ0) is 19.4. The van der Waals surface area contributed by atoms with E-state index in [1.165, 1.54) is 18.4 Å². The van der Waals surface area contributed by atoms with Crippen molar-refractivity contribution in [1.82, 2.24) is 10.2 Å². The largest absolute Gasteiger partial charge is 0.459 e. The number of sulfonamides is 1. The number of carbonyl (C=O) groups excluding carboxylic acids is 2. The minimum Gasteiger partial charge on any atom is -0.459 e. The third kappa shape index (κ3) is 4.75. The van der Waals surface area contributed by atoms with E-state index in [1.807, 2.05) is 0 Å². The number of nitrogens with two attached hydrogens (primary N) is 1. The van der Waals surface area contributed by atoms with Gasteiger partial charge in [-0.25, -0.2) is 13.6 Å². The van der Waals surface area contributed by atoms with Gasteiger partial charge in [0.1, 0.15) is 0 Å². The van der Waals surface area contributed by atoms with Crippen LogP contribution >= 0.6 is 0 Å². The van der Waals surface area contributed by atoms with Crippen LogP contribution in [0.3, 0.4) is 0 Å². The lowest BCUT2D eigenvalue weighted by Gasteiger charge is -2.30. The summed E-state index contributed by atoms with van der Waals surface area (Å²) in [6, 6.07) is 9.35. The van der Waals surface area contributed by atoms with Crippen LogP contribution in [0.4, 0.5) is 0 Å². The van der Waals surface area contributed by atoms with Gasteiger partial charge in [0.25, 0.3) is 5.91 Å². The molecule has 9 heteroatoms. The predicted octanol–water partition coefficient (Wildman–Crippen LogP) is 1.10. The molecule has 1 aliphatic heterocycles. The van der Waals surface area contributed by atoms with E-state index in [9.17, 15) is 18.0 Å². The van der Waals surface area contributed by atoms with Gasteiger partial charge in [-0.05, 0) is 42.7 Å². The maximum absolute atomic E-state index is 12.4. The first-order valence-electron chi connectivity index (χ1n) is 8.57.